The molecular weight excluding hydrogens is 739 g/mol. The topological polar surface area (TPSA) is 38.7 Å². The molecule has 10 aromatic carbocycles. The predicted molar refractivity (Wildman–Crippen MR) is 255 cm³/mol. The molecule has 12 rings (SSSR count). The fourth-order valence-electron chi connectivity index (χ4n) is 9.96. The Labute approximate surface area is 354 Å². The second-order valence-electron chi connectivity index (χ2n) is 16.7. The number of aromatic nitrogens is 3. The summed E-state index contributed by atoms with van der Waals surface area (Å²) in [5, 5.41) is 9.56. The van der Waals surface area contributed by atoms with Gasteiger partial charge in [0.2, 0.25) is 0 Å². The van der Waals surface area contributed by atoms with E-state index in [-0.39, 0.29) is 5.41 Å². The second kappa shape index (κ2) is 13.7. The van der Waals surface area contributed by atoms with E-state index in [1.54, 1.807) is 0 Å². The van der Waals surface area contributed by atoms with E-state index >= 15 is 0 Å². The highest BCUT2D eigenvalue weighted by Crippen LogP contribution is 2.54. The lowest BCUT2D eigenvalue weighted by atomic mass is 9.79. The third kappa shape index (κ3) is 5.55. The van der Waals surface area contributed by atoms with E-state index < -0.39 is 0 Å². The van der Waals surface area contributed by atoms with Crippen molar-refractivity contribution >= 4 is 43.1 Å². The molecule has 0 atom stereocenters. The minimum absolute atomic E-state index is 0.300. The van der Waals surface area contributed by atoms with Crippen molar-refractivity contribution in [2.45, 2.75) is 19.3 Å². The van der Waals surface area contributed by atoms with Crippen LogP contribution in [0.4, 0.5) is 0 Å². The van der Waals surface area contributed by atoms with E-state index in [1.807, 2.05) is 0 Å². The quantitative estimate of drug-likeness (QED) is 0.163. The highest BCUT2D eigenvalue weighted by molar-refractivity contribution is 6.22. The van der Waals surface area contributed by atoms with Crippen LogP contribution in [0.2, 0.25) is 0 Å². The van der Waals surface area contributed by atoms with E-state index in [2.05, 4.69) is 214 Å². The zero-order valence-electron chi connectivity index (χ0n) is 33.9. The predicted octanol–water partition coefficient (Wildman–Crippen LogP) is 15.1. The van der Waals surface area contributed by atoms with Crippen LogP contribution >= 0.6 is 0 Å². The Morgan fingerprint density at radius 2 is 0.738 bits per heavy atom. The van der Waals surface area contributed by atoms with Crippen molar-refractivity contribution in [3.63, 3.8) is 0 Å². The number of fused-ring (bicyclic) bond motifs is 7. The molecule has 0 amide bonds. The first-order chi connectivity index (χ1) is 30.0. The smallest absolute Gasteiger partial charge is 0.164 e. The number of hydrogen-bond donors (Lipinski definition) is 0. The van der Waals surface area contributed by atoms with Gasteiger partial charge in [-0.1, -0.05) is 196 Å². The molecule has 1 aliphatic carbocycles. The summed E-state index contributed by atoms with van der Waals surface area (Å²) in [4.78, 5) is 15.8. The molecule has 286 valence electrons. The van der Waals surface area contributed by atoms with Gasteiger partial charge in [-0.3, -0.25) is 0 Å². The van der Waals surface area contributed by atoms with Gasteiger partial charge in [0.1, 0.15) is 0 Å². The molecule has 3 nitrogen and oxygen atoms in total. The number of benzene rings is 10. The molecular formula is C58H39N3. The fourth-order valence-corrected chi connectivity index (χ4v) is 9.96. The lowest BCUT2D eigenvalue weighted by molar-refractivity contribution is 0.661. The van der Waals surface area contributed by atoms with Crippen LogP contribution in [-0.2, 0) is 5.41 Å². The largest absolute Gasteiger partial charge is 0.208 e. The third-order valence-corrected chi connectivity index (χ3v) is 12.9. The zero-order valence-corrected chi connectivity index (χ0v) is 33.9. The summed E-state index contributed by atoms with van der Waals surface area (Å²) in [7, 11) is 0. The molecule has 61 heavy (non-hydrogen) atoms. The van der Waals surface area contributed by atoms with E-state index in [9.17, 15) is 0 Å². The Kier molecular flexibility index (Phi) is 7.88. The van der Waals surface area contributed by atoms with Gasteiger partial charge >= 0.3 is 0 Å². The molecule has 0 N–H and O–H groups in total. The molecule has 1 aromatic heterocycles. The normalized spacial score (nSPS) is 12.9. The average Bonchev–Trinajstić information content (AvgIpc) is 3.54. The number of rotatable bonds is 5. The van der Waals surface area contributed by atoms with Crippen LogP contribution in [0.25, 0.3) is 111 Å². The first-order valence-corrected chi connectivity index (χ1v) is 21.0. The van der Waals surface area contributed by atoms with Gasteiger partial charge in [-0.15, -0.1) is 0 Å². The SMILES string of the molecule is CC1(C)c2cc(-c3nc(-c4cccc5ccccc45)nc(-c4cccc5ccccc45)n3)ccc2-c2cc3c(-c4ccccc4)c4ccccc4c(-c4ccccc4)c3cc21. The summed E-state index contributed by atoms with van der Waals surface area (Å²) >= 11 is 0. The molecule has 0 saturated heterocycles. The van der Waals surface area contributed by atoms with E-state index in [0.29, 0.717) is 17.5 Å². The van der Waals surface area contributed by atoms with Crippen LogP contribution in [0.3, 0.4) is 0 Å². The minimum atomic E-state index is -0.300. The van der Waals surface area contributed by atoms with Crippen molar-refractivity contribution in [1.29, 1.82) is 0 Å². The van der Waals surface area contributed by atoms with Crippen LogP contribution in [0, 0.1) is 0 Å². The maximum Gasteiger partial charge on any atom is 0.164 e. The van der Waals surface area contributed by atoms with Crippen molar-refractivity contribution in [3.05, 3.63) is 211 Å². The summed E-state index contributed by atoms with van der Waals surface area (Å²) in [6, 6.07) is 72.1. The zero-order chi connectivity index (χ0) is 40.7. The van der Waals surface area contributed by atoms with Crippen molar-refractivity contribution in [3.8, 4) is 67.5 Å². The van der Waals surface area contributed by atoms with Crippen molar-refractivity contribution in [2.24, 2.45) is 0 Å². The van der Waals surface area contributed by atoms with Gasteiger partial charge in [-0.2, -0.15) is 0 Å². The molecule has 0 radical (unpaired) electrons. The van der Waals surface area contributed by atoms with Crippen molar-refractivity contribution in [2.75, 3.05) is 0 Å². The molecule has 1 aliphatic rings. The molecule has 0 aliphatic heterocycles. The maximum atomic E-state index is 5.30. The minimum Gasteiger partial charge on any atom is -0.208 e. The van der Waals surface area contributed by atoms with Gasteiger partial charge < -0.3 is 0 Å². The van der Waals surface area contributed by atoms with Gasteiger partial charge in [0.05, 0.1) is 0 Å². The van der Waals surface area contributed by atoms with Crippen LogP contribution in [0.5, 0.6) is 0 Å². The first kappa shape index (κ1) is 35.2. The molecule has 11 aromatic rings. The molecule has 1 heterocycles. The third-order valence-electron chi connectivity index (χ3n) is 12.9. The van der Waals surface area contributed by atoms with Gasteiger partial charge in [-0.25, -0.2) is 15.0 Å². The molecule has 0 bridgehead atoms. The summed E-state index contributed by atoms with van der Waals surface area (Å²) in [5.41, 5.74) is 12.7. The van der Waals surface area contributed by atoms with Crippen molar-refractivity contribution < 1.29 is 0 Å². The molecule has 0 saturated carbocycles. The lowest BCUT2D eigenvalue weighted by Crippen LogP contribution is -2.15. The van der Waals surface area contributed by atoms with E-state index in [4.69, 9.17) is 15.0 Å². The van der Waals surface area contributed by atoms with Crippen LogP contribution in [0.1, 0.15) is 25.0 Å². The summed E-state index contributed by atoms with van der Waals surface area (Å²) in [6.45, 7) is 4.73. The summed E-state index contributed by atoms with van der Waals surface area (Å²) in [6.07, 6.45) is 0. The Hall–Kier alpha value is -7.75. The maximum absolute atomic E-state index is 5.30. The lowest BCUT2D eigenvalue weighted by Gasteiger charge is -2.24. The van der Waals surface area contributed by atoms with Gasteiger partial charge in [-0.05, 0) is 106 Å². The average molecular weight is 778 g/mol. The second-order valence-corrected chi connectivity index (χ2v) is 16.7. The van der Waals surface area contributed by atoms with Gasteiger partial charge in [0.15, 0.2) is 17.5 Å². The summed E-state index contributed by atoms with van der Waals surface area (Å²) in [5.74, 6) is 1.98. The van der Waals surface area contributed by atoms with E-state index in [1.165, 1.54) is 66.1 Å². The molecule has 0 spiro atoms. The Morgan fingerprint density at radius 1 is 0.295 bits per heavy atom. The standard InChI is InChI=1S/C58H39N3/c1-58(2)51-33-40(55-59-56(46-29-15-23-36-17-9-11-25-41(36)46)61-57(60-55)47-30-16-24-37-18-10-12-26-42(37)47)31-32-43(51)48-34-49-50(35-52(48)58)54(39-21-7-4-8-22-39)45-28-14-13-27-44(45)53(49)38-19-5-3-6-20-38/h3-35H,1-2H3. The fraction of sp³-hybridized carbons (Fsp3) is 0.0517. The molecule has 0 unspecified atom stereocenters. The highest BCUT2D eigenvalue weighted by Gasteiger charge is 2.37. The first-order valence-electron chi connectivity index (χ1n) is 21.0. The molecule has 3 heteroatoms. The van der Waals surface area contributed by atoms with E-state index in [0.717, 1.165) is 38.2 Å². The monoisotopic (exact) mass is 777 g/mol. The highest BCUT2D eigenvalue weighted by atomic mass is 15.0. The Morgan fingerprint density at radius 3 is 1.30 bits per heavy atom. The van der Waals surface area contributed by atoms with Gasteiger partial charge in [0.25, 0.3) is 0 Å². The van der Waals surface area contributed by atoms with Crippen molar-refractivity contribution in [1.82, 2.24) is 15.0 Å². The Balaban J connectivity index is 1.09. The van der Waals surface area contributed by atoms with Crippen LogP contribution in [-0.4, -0.2) is 15.0 Å². The number of hydrogen-bond acceptors (Lipinski definition) is 3. The van der Waals surface area contributed by atoms with Gasteiger partial charge in [0, 0.05) is 22.1 Å². The summed E-state index contributed by atoms with van der Waals surface area (Å²) < 4.78 is 0. The number of nitrogens with zero attached hydrogens (tertiary/aromatic N) is 3. The van der Waals surface area contributed by atoms with Crippen LogP contribution < -0.4 is 0 Å². The van der Waals surface area contributed by atoms with Crippen LogP contribution in [0.15, 0.2) is 200 Å². The molecule has 0 fully saturated rings. The Bertz CT molecular complexity index is 3440.